The maximum Gasteiger partial charge on any atom is 0.211 e. The van der Waals surface area contributed by atoms with Crippen LogP contribution in [0.4, 0.5) is 0 Å². The smallest absolute Gasteiger partial charge is 0.211 e. The van der Waals surface area contributed by atoms with Gasteiger partial charge in [0.1, 0.15) is 0 Å². The van der Waals surface area contributed by atoms with Gasteiger partial charge in [-0.05, 0) is 12.5 Å². The first-order valence-electron chi connectivity index (χ1n) is 5.95. The van der Waals surface area contributed by atoms with Gasteiger partial charge in [-0.1, -0.05) is 60.7 Å². The summed E-state index contributed by atoms with van der Waals surface area (Å²) >= 11 is 0. The first-order valence-corrected chi connectivity index (χ1v) is 5.95. The molecule has 0 saturated heterocycles. The fourth-order valence-corrected chi connectivity index (χ4v) is 1.97. The first-order chi connectivity index (χ1) is 9.06. The minimum absolute atomic E-state index is 0.288. The molecule has 0 aliphatic heterocycles. The molecule has 0 radical (unpaired) electrons. The van der Waals surface area contributed by atoms with Crippen LogP contribution < -0.4 is 0 Å². The Kier molecular flexibility index (Phi) is 3.58. The van der Waals surface area contributed by atoms with Gasteiger partial charge < -0.3 is 5.11 Å². The number of Topliss-reactive ketones (excluding diaryl/α,β-unsaturated/α-hetero) is 2. The van der Waals surface area contributed by atoms with E-state index in [0.29, 0.717) is 5.56 Å². The van der Waals surface area contributed by atoms with Crippen molar-refractivity contribution < 1.29 is 14.7 Å². The van der Waals surface area contributed by atoms with Gasteiger partial charge in [0.25, 0.3) is 0 Å². The highest BCUT2D eigenvalue weighted by Crippen LogP contribution is 2.26. The Hall–Kier alpha value is -2.26. The molecule has 3 nitrogen and oxygen atoms in total. The SMILES string of the molecule is CC(=O)C(O)(C(=O)c1ccccc1)c1ccccc1. The Morgan fingerprint density at radius 2 is 1.37 bits per heavy atom. The Labute approximate surface area is 111 Å². The van der Waals surface area contributed by atoms with Gasteiger partial charge in [0.15, 0.2) is 5.78 Å². The third-order valence-corrected chi connectivity index (χ3v) is 3.07. The lowest BCUT2D eigenvalue weighted by Crippen LogP contribution is -2.42. The quantitative estimate of drug-likeness (QED) is 0.673. The van der Waals surface area contributed by atoms with Crippen molar-refractivity contribution in [2.45, 2.75) is 12.5 Å². The molecule has 0 aliphatic carbocycles. The van der Waals surface area contributed by atoms with Crippen LogP contribution in [-0.4, -0.2) is 16.7 Å². The van der Waals surface area contributed by atoms with Crippen molar-refractivity contribution in [3.05, 3.63) is 71.8 Å². The van der Waals surface area contributed by atoms with Gasteiger partial charge >= 0.3 is 0 Å². The van der Waals surface area contributed by atoms with Crippen LogP contribution in [0.3, 0.4) is 0 Å². The van der Waals surface area contributed by atoms with Crippen molar-refractivity contribution in [3.8, 4) is 0 Å². The molecule has 0 bridgehead atoms. The summed E-state index contributed by atoms with van der Waals surface area (Å²) in [6, 6.07) is 16.6. The van der Waals surface area contributed by atoms with Crippen LogP contribution >= 0.6 is 0 Å². The molecular formula is C16H14O3. The Morgan fingerprint density at radius 3 is 1.84 bits per heavy atom. The van der Waals surface area contributed by atoms with Crippen molar-refractivity contribution in [1.29, 1.82) is 0 Å². The third kappa shape index (κ3) is 2.33. The Morgan fingerprint density at radius 1 is 0.895 bits per heavy atom. The maximum atomic E-state index is 12.4. The summed E-state index contributed by atoms with van der Waals surface area (Å²) in [7, 11) is 0. The molecule has 0 spiro atoms. The van der Waals surface area contributed by atoms with Crippen LogP contribution in [0.1, 0.15) is 22.8 Å². The van der Waals surface area contributed by atoms with E-state index in [9.17, 15) is 14.7 Å². The minimum atomic E-state index is -2.12. The summed E-state index contributed by atoms with van der Waals surface area (Å²) in [5, 5.41) is 10.6. The zero-order valence-corrected chi connectivity index (χ0v) is 10.5. The molecule has 19 heavy (non-hydrogen) atoms. The van der Waals surface area contributed by atoms with E-state index >= 15 is 0 Å². The summed E-state index contributed by atoms with van der Waals surface area (Å²) in [4.78, 5) is 24.2. The standard InChI is InChI=1S/C16H14O3/c1-12(17)16(19,14-10-6-3-7-11-14)15(18)13-8-4-2-5-9-13/h2-11,19H,1H3. The van der Waals surface area contributed by atoms with E-state index in [-0.39, 0.29) is 5.56 Å². The molecule has 2 aromatic carbocycles. The van der Waals surface area contributed by atoms with Gasteiger partial charge in [0.2, 0.25) is 11.4 Å². The highest BCUT2D eigenvalue weighted by molar-refractivity contribution is 6.17. The zero-order valence-electron chi connectivity index (χ0n) is 10.5. The van der Waals surface area contributed by atoms with E-state index in [1.54, 1.807) is 60.7 Å². The van der Waals surface area contributed by atoms with Crippen LogP contribution in [0.25, 0.3) is 0 Å². The molecule has 0 amide bonds. The van der Waals surface area contributed by atoms with Crippen LogP contribution in [0.5, 0.6) is 0 Å². The molecule has 2 rings (SSSR count). The van der Waals surface area contributed by atoms with Crippen LogP contribution in [0.2, 0.25) is 0 Å². The minimum Gasteiger partial charge on any atom is -0.371 e. The lowest BCUT2D eigenvalue weighted by Gasteiger charge is -2.24. The average Bonchev–Trinajstić information content (AvgIpc) is 2.47. The van der Waals surface area contributed by atoms with Crippen LogP contribution in [0, 0.1) is 0 Å². The van der Waals surface area contributed by atoms with Crippen molar-refractivity contribution >= 4 is 11.6 Å². The van der Waals surface area contributed by atoms with Crippen molar-refractivity contribution in [2.75, 3.05) is 0 Å². The predicted molar refractivity (Wildman–Crippen MR) is 71.8 cm³/mol. The van der Waals surface area contributed by atoms with E-state index in [4.69, 9.17) is 0 Å². The number of ketones is 2. The van der Waals surface area contributed by atoms with Crippen molar-refractivity contribution in [1.82, 2.24) is 0 Å². The number of benzene rings is 2. The topological polar surface area (TPSA) is 54.4 Å². The third-order valence-electron chi connectivity index (χ3n) is 3.07. The van der Waals surface area contributed by atoms with Gasteiger partial charge in [0.05, 0.1) is 0 Å². The number of carbonyl (C=O) groups is 2. The second kappa shape index (κ2) is 5.16. The largest absolute Gasteiger partial charge is 0.371 e. The second-order valence-electron chi connectivity index (χ2n) is 4.33. The zero-order chi connectivity index (χ0) is 13.9. The molecule has 0 saturated carbocycles. The molecule has 3 heteroatoms. The molecule has 0 fully saturated rings. The Balaban J connectivity index is 2.53. The summed E-state index contributed by atoms with van der Waals surface area (Å²) in [6.07, 6.45) is 0. The molecule has 1 unspecified atom stereocenters. The molecule has 0 heterocycles. The Bertz CT molecular complexity index is 590. The normalized spacial score (nSPS) is 13.6. The van der Waals surface area contributed by atoms with Crippen molar-refractivity contribution in [3.63, 3.8) is 0 Å². The summed E-state index contributed by atoms with van der Waals surface area (Å²) in [5.74, 6) is -1.20. The molecule has 1 atom stereocenters. The number of hydrogen-bond donors (Lipinski definition) is 1. The average molecular weight is 254 g/mol. The number of aliphatic hydroxyl groups is 1. The molecule has 1 N–H and O–H groups in total. The highest BCUT2D eigenvalue weighted by atomic mass is 16.3. The maximum absolute atomic E-state index is 12.4. The lowest BCUT2D eigenvalue weighted by molar-refractivity contribution is -0.131. The number of rotatable bonds is 4. The summed E-state index contributed by atoms with van der Waals surface area (Å²) in [6.45, 7) is 1.22. The number of carbonyl (C=O) groups excluding carboxylic acids is 2. The second-order valence-corrected chi connectivity index (χ2v) is 4.33. The van der Waals surface area contributed by atoms with Crippen molar-refractivity contribution in [2.24, 2.45) is 0 Å². The molecule has 0 aliphatic rings. The van der Waals surface area contributed by atoms with Gasteiger partial charge in [-0.3, -0.25) is 9.59 Å². The van der Waals surface area contributed by atoms with Gasteiger partial charge in [-0.25, -0.2) is 0 Å². The lowest BCUT2D eigenvalue weighted by atomic mass is 9.83. The fourth-order valence-electron chi connectivity index (χ4n) is 1.97. The van der Waals surface area contributed by atoms with Gasteiger partial charge in [-0.15, -0.1) is 0 Å². The van der Waals surface area contributed by atoms with Gasteiger partial charge in [-0.2, -0.15) is 0 Å². The fraction of sp³-hybridized carbons (Fsp3) is 0.125. The van der Waals surface area contributed by atoms with E-state index < -0.39 is 17.2 Å². The summed E-state index contributed by atoms with van der Waals surface area (Å²) < 4.78 is 0. The predicted octanol–water partition coefficient (Wildman–Crippen LogP) is 2.35. The van der Waals surface area contributed by atoms with Crippen LogP contribution in [-0.2, 0) is 10.4 Å². The monoisotopic (exact) mass is 254 g/mol. The van der Waals surface area contributed by atoms with E-state index in [1.165, 1.54) is 6.92 Å². The molecular weight excluding hydrogens is 240 g/mol. The molecule has 96 valence electrons. The van der Waals surface area contributed by atoms with Gasteiger partial charge in [0, 0.05) is 5.56 Å². The van der Waals surface area contributed by atoms with E-state index in [1.807, 2.05) is 0 Å². The van der Waals surface area contributed by atoms with Crippen LogP contribution in [0.15, 0.2) is 60.7 Å². The highest BCUT2D eigenvalue weighted by Gasteiger charge is 2.43. The number of hydrogen-bond acceptors (Lipinski definition) is 3. The summed E-state index contributed by atoms with van der Waals surface area (Å²) in [5.41, 5.74) is -1.52. The van der Waals surface area contributed by atoms with E-state index in [2.05, 4.69) is 0 Å². The molecule has 0 aromatic heterocycles. The first kappa shape index (κ1) is 13.2. The molecule has 2 aromatic rings. The van der Waals surface area contributed by atoms with E-state index in [0.717, 1.165) is 0 Å².